The monoisotopic (exact) mass is 560 g/mol. The van der Waals surface area contributed by atoms with E-state index < -0.39 is 21.2 Å². The van der Waals surface area contributed by atoms with Gasteiger partial charge in [-0.1, -0.05) is 23.3 Å². The van der Waals surface area contributed by atoms with Crippen molar-refractivity contribution in [3.63, 3.8) is 0 Å². The molecule has 0 amide bonds. The van der Waals surface area contributed by atoms with E-state index in [1.54, 1.807) is 42.7 Å². The molecule has 1 atom stereocenters. The Hall–Kier alpha value is -3.88. The second kappa shape index (κ2) is 13.1. The number of aliphatic imine (C=N–C) groups is 2. The van der Waals surface area contributed by atoms with Crippen molar-refractivity contribution in [2.75, 3.05) is 42.9 Å². The van der Waals surface area contributed by atoms with Crippen molar-refractivity contribution in [3.8, 4) is 17.2 Å². The molecule has 0 bridgehead atoms. The number of nitrogens with zero attached hydrogens (tertiary/aromatic N) is 4. The van der Waals surface area contributed by atoms with E-state index in [1.807, 2.05) is 0 Å². The summed E-state index contributed by atoms with van der Waals surface area (Å²) >= 11 is -1.07. The van der Waals surface area contributed by atoms with Crippen LogP contribution in [0.3, 0.4) is 0 Å². The van der Waals surface area contributed by atoms with E-state index in [9.17, 15) is 13.0 Å². The fourth-order valence-corrected chi connectivity index (χ4v) is 4.53. The summed E-state index contributed by atoms with van der Waals surface area (Å²) in [5.74, 6) is 1.35. The Morgan fingerprint density at radius 1 is 1.16 bits per heavy atom. The first-order valence-corrected chi connectivity index (χ1v) is 14.3. The summed E-state index contributed by atoms with van der Waals surface area (Å²) < 4.78 is 57.0. The Balaban J connectivity index is 2.13. The molecule has 12 nitrogen and oxygen atoms in total. The van der Waals surface area contributed by atoms with Crippen LogP contribution >= 0.6 is 0 Å². The van der Waals surface area contributed by atoms with Crippen molar-refractivity contribution in [2.24, 2.45) is 9.98 Å². The lowest BCUT2D eigenvalue weighted by Crippen LogP contribution is -2.17. The lowest BCUT2D eigenvalue weighted by Gasteiger charge is -2.19. The molecule has 0 radical (unpaired) electrons. The van der Waals surface area contributed by atoms with Crippen LogP contribution < -0.4 is 24.2 Å². The highest BCUT2D eigenvalue weighted by atomic mass is 32.2. The fourth-order valence-electron chi connectivity index (χ4n) is 3.21. The maximum Gasteiger partial charge on any atom is 0.280 e. The van der Waals surface area contributed by atoms with Gasteiger partial charge in [0.15, 0.2) is 28.2 Å². The summed E-state index contributed by atoms with van der Waals surface area (Å²) in [6.45, 7) is 4.94. The van der Waals surface area contributed by atoms with E-state index in [-0.39, 0.29) is 23.3 Å². The first kappa shape index (κ1) is 28.7. The average Bonchev–Trinajstić information content (AvgIpc) is 2.89. The zero-order chi connectivity index (χ0) is 27.7. The topological polar surface area (TPSA) is 159 Å². The lowest BCUT2D eigenvalue weighted by atomic mass is 10.2. The van der Waals surface area contributed by atoms with Crippen molar-refractivity contribution < 1.29 is 27.2 Å². The van der Waals surface area contributed by atoms with Gasteiger partial charge in [0.2, 0.25) is 0 Å². The van der Waals surface area contributed by atoms with Gasteiger partial charge in [0.25, 0.3) is 10.0 Å². The molecule has 1 heterocycles. The molecule has 0 saturated carbocycles. The number of anilines is 3. The lowest BCUT2D eigenvalue weighted by molar-refractivity contribution is 0.311. The number of ether oxygens (including phenoxy) is 3. The van der Waals surface area contributed by atoms with Crippen LogP contribution in [0.1, 0.15) is 6.92 Å². The Labute approximate surface area is 224 Å². The molecule has 14 heteroatoms. The van der Waals surface area contributed by atoms with Crippen molar-refractivity contribution in [1.29, 1.82) is 0 Å². The smallest absolute Gasteiger partial charge is 0.280 e. The molecule has 2 aromatic carbocycles. The molecule has 0 saturated heterocycles. The van der Waals surface area contributed by atoms with Gasteiger partial charge in [0.1, 0.15) is 24.4 Å². The number of nitrogens with one attached hydrogen (secondary N) is 2. The van der Waals surface area contributed by atoms with Gasteiger partial charge in [0.05, 0.1) is 37.2 Å². The van der Waals surface area contributed by atoms with Gasteiger partial charge in [-0.25, -0.2) is 15.0 Å². The molecule has 3 rings (SSSR count). The third-order valence-corrected chi connectivity index (χ3v) is 7.04. The Morgan fingerprint density at radius 3 is 2.42 bits per heavy atom. The maximum atomic E-state index is 13.1. The number of sulfonamides is 1. The van der Waals surface area contributed by atoms with Crippen LogP contribution in [0.15, 0.2) is 57.5 Å². The molecule has 0 aliphatic carbocycles. The van der Waals surface area contributed by atoms with Gasteiger partial charge in [-0.05, 0) is 31.9 Å². The minimum atomic E-state index is -4.17. The molecule has 38 heavy (non-hydrogen) atoms. The second-order valence-corrected chi connectivity index (χ2v) is 10.7. The molecule has 0 aliphatic heterocycles. The van der Waals surface area contributed by atoms with Gasteiger partial charge in [0, 0.05) is 12.1 Å². The number of fused-ring (bicyclic) bond motifs is 1. The van der Waals surface area contributed by atoms with E-state index in [0.29, 0.717) is 39.7 Å². The molecular weight excluding hydrogens is 532 g/mol. The number of methoxy groups -OCH3 is 2. The Morgan fingerprint density at radius 2 is 1.84 bits per heavy atom. The van der Waals surface area contributed by atoms with Crippen molar-refractivity contribution >= 4 is 62.6 Å². The molecule has 2 N–H and O–H groups in total. The van der Waals surface area contributed by atoms with Crippen LogP contribution in [0.25, 0.3) is 11.0 Å². The number of benzene rings is 2. The molecule has 0 fully saturated rings. The van der Waals surface area contributed by atoms with Gasteiger partial charge in [-0.2, -0.15) is 8.42 Å². The van der Waals surface area contributed by atoms with Crippen LogP contribution in [0.2, 0.25) is 0 Å². The van der Waals surface area contributed by atoms with Crippen molar-refractivity contribution in [3.05, 3.63) is 47.5 Å². The van der Waals surface area contributed by atoms with E-state index in [2.05, 4.69) is 36.7 Å². The normalized spacial score (nSPS) is 12.8. The molecule has 3 aromatic rings. The predicted octanol–water partition coefficient (Wildman–Crippen LogP) is 3.48. The highest BCUT2D eigenvalue weighted by Crippen LogP contribution is 2.41. The quantitative estimate of drug-likeness (QED) is 0.181. The number of hydrogen-bond acceptors (Lipinski definition) is 10. The summed E-state index contributed by atoms with van der Waals surface area (Å²) in [6, 6.07) is 10.2. The van der Waals surface area contributed by atoms with Gasteiger partial charge in [-0.15, -0.1) is 0 Å². The first-order chi connectivity index (χ1) is 18.2. The number of hydrogen-bond donors (Lipinski definition) is 2. The summed E-state index contributed by atoms with van der Waals surface area (Å²) in [7, 11) is -1.21. The van der Waals surface area contributed by atoms with Crippen LogP contribution in [0, 0.1) is 0 Å². The second-order valence-electron chi connectivity index (χ2n) is 7.53. The van der Waals surface area contributed by atoms with Crippen LogP contribution in [0.5, 0.6) is 17.2 Å². The number of allylic oxidation sites excluding steroid dienone is 1. The molecule has 0 aliphatic rings. The van der Waals surface area contributed by atoms with Gasteiger partial charge < -0.3 is 24.1 Å². The number of rotatable bonds is 13. The van der Waals surface area contributed by atoms with Gasteiger partial charge >= 0.3 is 0 Å². The highest BCUT2D eigenvalue weighted by molar-refractivity contribution is 7.96. The Kier molecular flexibility index (Phi) is 9.87. The van der Waals surface area contributed by atoms with Gasteiger partial charge in [-0.3, -0.25) is 9.71 Å². The largest absolute Gasteiger partial charge is 0.616 e. The zero-order valence-corrected chi connectivity index (χ0v) is 22.9. The minimum absolute atomic E-state index is 0.0766. The minimum Gasteiger partial charge on any atom is -0.616 e. The molecule has 1 aromatic heterocycles. The summed E-state index contributed by atoms with van der Waals surface area (Å²) in [6.07, 6.45) is 3.91. The average molecular weight is 561 g/mol. The molecule has 1 unspecified atom stereocenters. The maximum absolute atomic E-state index is 13.1. The predicted molar refractivity (Wildman–Crippen MR) is 151 cm³/mol. The SMILES string of the molecule is C=N/C=N\C(=C/C)S(=O)(=O)Nc1nc2ccccc2nc1Nc1cc(OC)cc(OC)c1OCC[S+](C)[O-]. The first-order valence-electron chi connectivity index (χ1n) is 11.1. The van der Waals surface area contributed by atoms with E-state index >= 15 is 0 Å². The summed E-state index contributed by atoms with van der Waals surface area (Å²) in [5.41, 5.74) is 1.32. The van der Waals surface area contributed by atoms with E-state index in [4.69, 9.17) is 14.2 Å². The van der Waals surface area contributed by atoms with Crippen LogP contribution in [-0.2, 0) is 21.2 Å². The van der Waals surface area contributed by atoms with Crippen LogP contribution in [-0.4, -0.2) is 68.8 Å². The third kappa shape index (κ3) is 7.12. The summed E-state index contributed by atoms with van der Waals surface area (Å²) in [5, 5.41) is 2.81. The molecule has 202 valence electrons. The van der Waals surface area contributed by atoms with Crippen molar-refractivity contribution in [1.82, 2.24) is 9.97 Å². The van der Waals surface area contributed by atoms with Crippen LogP contribution in [0.4, 0.5) is 17.3 Å². The summed E-state index contributed by atoms with van der Waals surface area (Å²) in [4.78, 5) is 16.4. The number of para-hydroxylation sites is 2. The zero-order valence-electron chi connectivity index (χ0n) is 21.3. The van der Waals surface area contributed by atoms with Crippen molar-refractivity contribution in [2.45, 2.75) is 6.92 Å². The molecular formula is C24H28N6O6S2. The Bertz CT molecular complexity index is 1460. The highest BCUT2D eigenvalue weighted by Gasteiger charge is 2.22. The number of aromatic nitrogens is 2. The fraction of sp³-hybridized carbons (Fsp3) is 0.250. The third-order valence-electron chi connectivity index (χ3n) is 4.94. The standard InChI is InChI=1S/C24H28N6O6S2/c1-6-21(26-15-25-2)38(32,33)30-24-23(27-17-9-7-8-10-18(17)28-24)29-19-13-16(34-3)14-20(35-4)22(19)36-11-12-37(5)31/h6-10,13-15H,2,11-12H2,1,3-5H3,(H,27,29)(H,28,30)/b21-6+,26-15-. The van der Waals surface area contributed by atoms with E-state index in [1.165, 1.54) is 27.2 Å². The van der Waals surface area contributed by atoms with E-state index in [0.717, 1.165) is 6.34 Å². The molecule has 0 spiro atoms.